The fourth-order valence-electron chi connectivity index (χ4n) is 1.60. The van der Waals surface area contributed by atoms with Crippen molar-refractivity contribution in [2.24, 2.45) is 5.73 Å². The maximum atomic E-state index is 5.68. The molecule has 2 aromatic rings. The Labute approximate surface area is 105 Å². The summed E-state index contributed by atoms with van der Waals surface area (Å²) in [4.78, 5) is 0. The molecular weight excluding hydrogens is 232 g/mol. The fraction of sp³-hybridized carbons (Fsp3) is 0.308. The molecule has 0 aliphatic rings. The van der Waals surface area contributed by atoms with E-state index in [0.29, 0.717) is 24.7 Å². The van der Waals surface area contributed by atoms with Gasteiger partial charge in [-0.25, -0.2) is 0 Å². The van der Waals surface area contributed by atoms with E-state index in [0.717, 1.165) is 17.0 Å². The molecule has 5 heteroatoms. The summed E-state index contributed by atoms with van der Waals surface area (Å²) in [6, 6.07) is 7.39. The number of rotatable bonds is 5. The van der Waals surface area contributed by atoms with E-state index in [2.05, 4.69) is 5.16 Å². The van der Waals surface area contributed by atoms with Crippen molar-refractivity contribution in [1.29, 1.82) is 0 Å². The van der Waals surface area contributed by atoms with Crippen LogP contribution in [0.1, 0.15) is 17.0 Å². The smallest absolute Gasteiger partial charge is 0.174 e. The third-order valence-electron chi connectivity index (χ3n) is 2.54. The number of aryl methyl sites for hydroxylation is 1. The maximum Gasteiger partial charge on any atom is 0.174 e. The molecular formula is C13H16N2O3. The fourth-order valence-corrected chi connectivity index (χ4v) is 1.60. The van der Waals surface area contributed by atoms with E-state index in [1.54, 1.807) is 7.11 Å². The van der Waals surface area contributed by atoms with Crippen molar-refractivity contribution in [3.8, 4) is 11.5 Å². The second-order valence-electron chi connectivity index (χ2n) is 3.90. The van der Waals surface area contributed by atoms with Crippen LogP contribution in [0.15, 0.2) is 28.8 Å². The van der Waals surface area contributed by atoms with Crippen molar-refractivity contribution in [2.45, 2.75) is 20.1 Å². The highest BCUT2D eigenvalue weighted by atomic mass is 16.5. The molecule has 0 aliphatic heterocycles. The number of methoxy groups -OCH3 is 1. The lowest BCUT2D eigenvalue weighted by Crippen LogP contribution is -2.02. The SMILES string of the molecule is COc1ccc(CN)c(OCc2cc(C)no2)c1. The minimum Gasteiger partial charge on any atom is -0.497 e. The molecule has 1 heterocycles. The first-order valence-corrected chi connectivity index (χ1v) is 5.65. The third-order valence-corrected chi connectivity index (χ3v) is 2.54. The van der Waals surface area contributed by atoms with Crippen molar-refractivity contribution in [3.05, 3.63) is 41.3 Å². The second kappa shape index (κ2) is 5.55. The van der Waals surface area contributed by atoms with Crippen LogP contribution in [0.2, 0.25) is 0 Å². The monoisotopic (exact) mass is 248 g/mol. The zero-order valence-electron chi connectivity index (χ0n) is 10.5. The van der Waals surface area contributed by atoms with Crippen molar-refractivity contribution < 1.29 is 14.0 Å². The highest BCUT2D eigenvalue weighted by Crippen LogP contribution is 2.25. The quantitative estimate of drug-likeness (QED) is 0.876. The van der Waals surface area contributed by atoms with Crippen LogP contribution in [0.25, 0.3) is 0 Å². The van der Waals surface area contributed by atoms with E-state index in [4.69, 9.17) is 19.7 Å². The Morgan fingerprint density at radius 1 is 1.33 bits per heavy atom. The van der Waals surface area contributed by atoms with Crippen molar-refractivity contribution in [2.75, 3.05) is 7.11 Å². The molecule has 0 spiro atoms. The van der Waals surface area contributed by atoms with Crippen LogP contribution in [-0.2, 0) is 13.2 Å². The van der Waals surface area contributed by atoms with Crippen LogP contribution in [0.5, 0.6) is 11.5 Å². The first-order chi connectivity index (χ1) is 8.72. The summed E-state index contributed by atoms with van der Waals surface area (Å²) in [6.07, 6.45) is 0. The van der Waals surface area contributed by atoms with E-state index in [-0.39, 0.29) is 0 Å². The predicted molar refractivity (Wildman–Crippen MR) is 66.5 cm³/mol. The lowest BCUT2D eigenvalue weighted by Gasteiger charge is -2.10. The Morgan fingerprint density at radius 3 is 2.78 bits per heavy atom. The third kappa shape index (κ3) is 2.81. The first-order valence-electron chi connectivity index (χ1n) is 5.65. The summed E-state index contributed by atoms with van der Waals surface area (Å²) in [5, 5.41) is 3.80. The van der Waals surface area contributed by atoms with Gasteiger partial charge in [-0.2, -0.15) is 0 Å². The largest absolute Gasteiger partial charge is 0.497 e. The van der Waals surface area contributed by atoms with E-state index in [1.165, 1.54) is 0 Å². The van der Waals surface area contributed by atoms with Crippen LogP contribution in [-0.4, -0.2) is 12.3 Å². The zero-order valence-corrected chi connectivity index (χ0v) is 10.5. The summed E-state index contributed by atoms with van der Waals surface area (Å²) in [5.74, 6) is 2.11. The minimum atomic E-state index is 0.320. The zero-order chi connectivity index (χ0) is 13.0. The number of benzene rings is 1. The highest BCUT2D eigenvalue weighted by Gasteiger charge is 2.07. The molecule has 0 saturated heterocycles. The van der Waals surface area contributed by atoms with Crippen LogP contribution in [0.4, 0.5) is 0 Å². The van der Waals surface area contributed by atoms with Crippen LogP contribution in [0, 0.1) is 6.92 Å². The molecule has 1 aromatic heterocycles. The number of hydrogen-bond acceptors (Lipinski definition) is 5. The number of nitrogens with zero attached hydrogens (tertiary/aromatic N) is 1. The molecule has 18 heavy (non-hydrogen) atoms. The standard InChI is InChI=1S/C13H16N2O3/c1-9-5-12(18-15-9)8-17-13-6-11(16-2)4-3-10(13)7-14/h3-6H,7-8,14H2,1-2H3. The summed E-state index contributed by atoms with van der Waals surface area (Å²) < 4.78 is 15.9. The van der Waals surface area contributed by atoms with E-state index in [1.807, 2.05) is 31.2 Å². The number of aromatic nitrogens is 1. The van der Waals surface area contributed by atoms with Gasteiger partial charge in [0.15, 0.2) is 5.76 Å². The molecule has 1 aromatic carbocycles. The lowest BCUT2D eigenvalue weighted by molar-refractivity contribution is 0.246. The molecule has 5 nitrogen and oxygen atoms in total. The predicted octanol–water partition coefficient (Wildman–Crippen LogP) is 2.03. The molecule has 0 radical (unpaired) electrons. The van der Waals surface area contributed by atoms with Gasteiger partial charge in [-0.05, 0) is 13.0 Å². The summed E-state index contributed by atoms with van der Waals surface area (Å²) in [7, 11) is 1.61. The van der Waals surface area contributed by atoms with Gasteiger partial charge in [0.1, 0.15) is 18.1 Å². The number of hydrogen-bond donors (Lipinski definition) is 1. The van der Waals surface area contributed by atoms with Crippen LogP contribution < -0.4 is 15.2 Å². The van der Waals surface area contributed by atoms with Crippen molar-refractivity contribution >= 4 is 0 Å². The number of ether oxygens (including phenoxy) is 2. The van der Waals surface area contributed by atoms with Gasteiger partial charge in [0.05, 0.1) is 12.8 Å². The molecule has 0 unspecified atom stereocenters. The van der Waals surface area contributed by atoms with E-state index < -0.39 is 0 Å². The lowest BCUT2D eigenvalue weighted by atomic mass is 10.2. The van der Waals surface area contributed by atoms with Gasteiger partial charge < -0.3 is 19.7 Å². The molecule has 0 amide bonds. The molecule has 2 N–H and O–H groups in total. The Hall–Kier alpha value is -2.01. The van der Waals surface area contributed by atoms with Gasteiger partial charge >= 0.3 is 0 Å². The van der Waals surface area contributed by atoms with Crippen molar-refractivity contribution in [1.82, 2.24) is 5.16 Å². The molecule has 0 bridgehead atoms. The van der Waals surface area contributed by atoms with Crippen molar-refractivity contribution in [3.63, 3.8) is 0 Å². The van der Waals surface area contributed by atoms with Gasteiger partial charge in [-0.3, -0.25) is 0 Å². The number of nitrogens with two attached hydrogens (primary N) is 1. The normalized spacial score (nSPS) is 10.4. The van der Waals surface area contributed by atoms with Gasteiger partial charge in [-0.15, -0.1) is 0 Å². The van der Waals surface area contributed by atoms with Gasteiger partial charge in [-0.1, -0.05) is 11.2 Å². The molecule has 0 aliphatic carbocycles. The average molecular weight is 248 g/mol. The summed E-state index contributed by atoms with van der Waals surface area (Å²) in [6.45, 7) is 2.60. The Morgan fingerprint density at radius 2 is 2.17 bits per heavy atom. The maximum absolute atomic E-state index is 5.68. The topological polar surface area (TPSA) is 70.5 Å². The van der Waals surface area contributed by atoms with Gasteiger partial charge in [0.25, 0.3) is 0 Å². The summed E-state index contributed by atoms with van der Waals surface area (Å²) in [5.41, 5.74) is 7.41. The molecule has 0 fully saturated rings. The molecule has 96 valence electrons. The molecule has 0 saturated carbocycles. The second-order valence-corrected chi connectivity index (χ2v) is 3.90. The Bertz CT molecular complexity index is 523. The first kappa shape index (κ1) is 12.4. The van der Waals surface area contributed by atoms with Gasteiger partial charge in [0, 0.05) is 24.2 Å². The molecule has 2 rings (SSSR count). The van der Waals surface area contributed by atoms with Gasteiger partial charge in [0.2, 0.25) is 0 Å². The van der Waals surface area contributed by atoms with E-state index in [9.17, 15) is 0 Å². The summed E-state index contributed by atoms with van der Waals surface area (Å²) >= 11 is 0. The highest BCUT2D eigenvalue weighted by molar-refractivity contribution is 5.40. The van der Waals surface area contributed by atoms with E-state index >= 15 is 0 Å². The minimum absolute atomic E-state index is 0.320. The van der Waals surface area contributed by atoms with Crippen LogP contribution in [0.3, 0.4) is 0 Å². The average Bonchev–Trinajstić information content (AvgIpc) is 2.81. The van der Waals surface area contributed by atoms with Crippen LogP contribution >= 0.6 is 0 Å². The Kier molecular flexibility index (Phi) is 3.84. The molecule has 0 atom stereocenters. The Balaban J connectivity index is 2.11.